The van der Waals surface area contributed by atoms with E-state index in [0.717, 1.165) is 18.2 Å². The lowest BCUT2D eigenvalue weighted by Crippen LogP contribution is -2.55. The molecule has 2 aromatic heterocycles. The predicted octanol–water partition coefficient (Wildman–Crippen LogP) is 0.585. The molecule has 1 aliphatic rings. The highest BCUT2D eigenvalue weighted by atomic mass is 31.2. The number of amides is 2. The van der Waals surface area contributed by atoms with Crippen LogP contribution < -0.4 is 20.6 Å². The van der Waals surface area contributed by atoms with Crippen LogP contribution in [0.2, 0.25) is 0 Å². The van der Waals surface area contributed by atoms with Crippen molar-refractivity contribution in [2.45, 2.75) is 18.4 Å². The molecule has 3 heterocycles. The molecule has 210 valence electrons. The van der Waals surface area contributed by atoms with E-state index in [9.17, 15) is 43.3 Å². The van der Waals surface area contributed by atoms with Gasteiger partial charge in [-0.2, -0.15) is 5.10 Å². The molecule has 16 heteroatoms. The van der Waals surface area contributed by atoms with Gasteiger partial charge in [-0.1, -0.05) is 24.3 Å². The average molecular weight is 582 g/mol. The zero-order valence-electron chi connectivity index (χ0n) is 20.8. The number of fused-ring (bicyclic) bond motifs is 2. The zero-order chi connectivity index (χ0) is 29.5. The topological polar surface area (TPSA) is 200 Å². The Morgan fingerprint density at radius 1 is 1.12 bits per heavy atom. The first-order valence-electron chi connectivity index (χ1n) is 12.0. The smallest absolute Gasteiger partial charge is 0.534 e. The van der Waals surface area contributed by atoms with Gasteiger partial charge in [0.25, 0.3) is 5.91 Å². The first-order chi connectivity index (χ1) is 19.4. The number of nitrogens with zero attached hydrogens (tertiary/aromatic N) is 2. The summed E-state index contributed by atoms with van der Waals surface area (Å²) in [6.07, 6.45) is 2.83. The number of para-hydroxylation sites is 1. The number of carboxylic acids is 1. The zero-order valence-corrected chi connectivity index (χ0v) is 21.7. The molecule has 2 amide bonds. The highest BCUT2D eigenvalue weighted by molar-refractivity contribution is 7.60. The number of benzene rings is 2. The largest absolute Gasteiger partial charge is 0.547 e. The maximum atomic E-state index is 14.7. The second-order valence-electron chi connectivity index (χ2n) is 9.18. The van der Waals surface area contributed by atoms with Crippen molar-refractivity contribution in [2.75, 3.05) is 0 Å². The van der Waals surface area contributed by atoms with Crippen LogP contribution >= 0.6 is 7.60 Å². The molecule has 1 aliphatic heterocycles. The minimum Gasteiger partial charge on any atom is -0.534 e. The van der Waals surface area contributed by atoms with Crippen LogP contribution in [0.1, 0.15) is 37.9 Å². The van der Waals surface area contributed by atoms with E-state index in [0.29, 0.717) is 11.1 Å². The van der Waals surface area contributed by atoms with Crippen molar-refractivity contribution in [3.05, 3.63) is 95.1 Å². The van der Waals surface area contributed by atoms with Gasteiger partial charge in [0.05, 0.1) is 34.1 Å². The summed E-state index contributed by atoms with van der Waals surface area (Å²) < 4.78 is 33.2. The van der Waals surface area contributed by atoms with Gasteiger partial charge in [-0.05, 0) is 47.9 Å². The summed E-state index contributed by atoms with van der Waals surface area (Å²) in [7, 11) is -6.64. The number of carbonyl (C=O) groups is 3. The molecule has 0 unspecified atom stereocenters. The molecule has 0 fully saturated rings. The third-order valence-electron chi connectivity index (χ3n) is 6.50. The number of halogens is 1. The van der Waals surface area contributed by atoms with Crippen LogP contribution in [0, 0.1) is 5.82 Å². The lowest BCUT2D eigenvalue weighted by atomic mass is 9.72. The molecular weight excluding hydrogens is 561 g/mol. The fourth-order valence-corrected chi connectivity index (χ4v) is 5.15. The normalized spacial score (nSPS) is 15.5. The second-order valence-corrected chi connectivity index (χ2v) is 10.7. The average Bonchev–Trinajstić information content (AvgIpc) is 3.35. The molecule has 2 aromatic carbocycles. The van der Waals surface area contributed by atoms with E-state index >= 15 is 0 Å². The second kappa shape index (κ2) is 10.8. The lowest BCUT2D eigenvalue weighted by molar-refractivity contribution is -0.123. The number of pyridine rings is 1. The van der Waals surface area contributed by atoms with Crippen LogP contribution in [0.3, 0.4) is 0 Å². The van der Waals surface area contributed by atoms with Crippen molar-refractivity contribution in [1.29, 1.82) is 0 Å². The monoisotopic (exact) mass is 582 g/mol. The number of aromatic nitrogens is 2. The molecule has 13 nitrogen and oxygen atoms in total. The number of hydrogen-bond donors (Lipinski definition) is 6. The van der Waals surface area contributed by atoms with Gasteiger partial charge in [-0.25, -0.2) is 13.7 Å². The number of nitrogens with one attached hydrogen (secondary N) is 2. The Labute approximate surface area is 230 Å². The third kappa shape index (κ3) is 5.56. The Kier molecular flexibility index (Phi) is 7.36. The Bertz CT molecular complexity index is 1740. The van der Waals surface area contributed by atoms with E-state index in [4.69, 9.17) is 4.65 Å². The van der Waals surface area contributed by atoms with Gasteiger partial charge in [-0.15, -0.1) is 0 Å². The summed E-state index contributed by atoms with van der Waals surface area (Å²) in [5.74, 6) is -5.39. The summed E-state index contributed by atoms with van der Waals surface area (Å²) in [5, 5.41) is 28.2. The Hall–Kier alpha value is -4.56. The van der Waals surface area contributed by atoms with E-state index in [1.807, 2.05) is 0 Å². The van der Waals surface area contributed by atoms with E-state index in [2.05, 4.69) is 15.7 Å². The summed E-state index contributed by atoms with van der Waals surface area (Å²) in [5.41, 5.74) is 0.567. The Balaban J connectivity index is 1.46. The minimum atomic E-state index is -4.97. The summed E-state index contributed by atoms with van der Waals surface area (Å²) in [6.45, 7) is 0. The van der Waals surface area contributed by atoms with Gasteiger partial charge < -0.3 is 35.2 Å². The van der Waals surface area contributed by atoms with Crippen LogP contribution in [-0.2, 0) is 15.8 Å². The maximum Gasteiger partial charge on any atom is 0.547 e. The number of hydrogen-bond acceptors (Lipinski definition) is 7. The molecule has 2 atom stereocenters. The van der Waals surface area contributed by atoms with Crippen molar-refractivity contribution >= 4 is 43.3 Å². The number of carboxylic acid groups (broad SMARTS) is 1. The van der Waals surface area contributed by atoms with E-state index < -0.39 is 55.6 Å². The molecular formula is C25H21BFN4O9P. The number of rotatable bonds is 7. The fraction of sp³-hybridized carbons (Fsp3) is 0.120. The van der Waals surface area contributed by atoms with Gasteiger partial charge >= 0.3 is 20.7 Å². The molecule has 0 spiro atoms. The van der Waals surface area contributed by atoms with Crippen LogP contribution in [0.15, 0.2) is 67.0 Å². The van der Waals surface area contributed by atoms with Gasteiger partial charge in [0.15, 0.2) is 0 Å². The highest BCUT2D eigenvalue weighted by Crippen LogP contribution is 2.35. The predicted molar refractivity (Wildman–Crippen MR) is 141 cm³/mol. The van der Waals surface area contributed by atoms with E-state index in [1.165, 1.54) is 22.8 Å². The first kappa shape index (κ1) is 28.0. The molecule has 41 heavy (non-hydrogen) atoms. The number of aromatic carboxylic acids is 1. The van der Waals surface area contributed by atoms with Crippen molar-refractivity contribution in [3.63, 3.8) is 0 Å². The van der Waals surface area contributed by atoms with Crippen LogP contribution in [0.4, 0.5) is 4.39 Å². The molecule has 6 N–H and O–H groups in total. The fourth-order valence-electron chi connectivity index (χ4n) is 4.54. The lowest BCUT2D eigenvalue weighted by Gasteiger charge is -2.30. The molecule has 0 saturated carbocycles. The third-order valence-corrected chi connectivity index (χ3v) is 7.50. The van der Waals surface area contributed by atoms with Crippen LogP contribution in [-0.4, -0.2) is 60.4 Å². The van der Waals surface area contributed by atoms with Gasteiger partial charge in [-0.3, -0.25) is 14.2 Å². The summed E-state index contributed by atoms with van der Waals surface area (Å²) in [4.78, 5) is 57.1. The van der Waals surface area contributed by atoms with Crippen LogP contribution in [0.5, 0.6) is 5.75 Å². The van der Waals surface area contributed by atoms with Crippen molar-refractivity contribution < 1.29 is 47.9 Å². The van der Waals surface area contributed by atoms with Gasteiger partial charge in [0.2, 0.25) is 5.91 Å². The summed E-state index contributed by atoms with van der Waals surface area (Å²) in [6, 6.07) is 10.3. The standard InChI is InChI=1S/C25H21BFN4O9P/c27-17-10-13(7-8-19(17)41(37,38)39)21(30-23(32)16-12-28-31-9-2-1-6-18(16)31)24(33)29-20-11-14-4-3-5-15(25(34)35)22(14)40-26(20)36/h1-10,12,20-21,36H,11H2,(H,29,33)(H,30,32)(H,34,35)(H2,37,38,39)/t20-,21+/m0/s1. The SMILES string of the molecule is O=C(O)c1cccc2c1OB(O)[C@@H](NC(=O)[C@H](NC(=O)c1cnn3ccccc13)c1ccc(P(=O)(O)O)c(F)c1)C2. The summed E-state index contributed by atoms with van der Waals surface area (Å²) >= 11 is 0. The minimum absolute atomic E-state index is 0.0381. The molecule has 5 rings (SSSR count). The molecule has 0 radical (unpaired) electrons. The molecule has 0 saturated heterocycles. The maximum absolute atomic E-state index is 14.7. The Morgan fingerprint density at radius 3 is 2.61 bits per heavy atom. The molecule has 4 aromatic rings. The first-order valence-corrected chi connectivity index (χ1v) is 13.6. The highest BCUT2D eigenvalue weighted by Gasteiger charge is 2.39. The number of carbonyl (C=O) groups excluding carboxylic acids is 2. The Morgan fingerprint density at radius 2 is 1.90 bits per heavy atom. The van der Waals surface area contributed by atoms with E-state index in [-0.39, 0.29) is 28.9 Å². The van der Waals surface area contributed by atoms with Crippen molar-refractivity contribution in [1.82, 2.24) is 20.2 Å². The van der Waals surface area contributed by atoms with Gasteiger partial charge in [0.1, 0.15) is 17.6 Å². The van der Waals surface area contributed by atoms with Crippen molar-refractivity contribution in [2.24, 2.45) is 0 Å². The molecule has 0 bridgehead atoms. The molecule has 0 aliphatic carbocycles. The van der Waals surface area contributed by atoms with E-state index in [1.54, 1.807) is 30.5 Å². The van der Waals surface area contributed by atoms with Crippen molar-refractivity contribution in [3.8, 4) is 5.75 Å². The van der Waals surface area contributed by atoms with Gasteiger partial charge in [0, 0.05) is 6.20 Å². The van der Waals surface area contributed by atoms with Crippen LogP contribution in [0.25, 0.3) is 5.52 Å². The quantitative estimate of drug-likeness (QED) is 0.132.